The molecule has 0 radical (unpaired) electrons. The Labute approximate surface area is 143 Å². The van der Waals surface area contributed by atoms with Gasteiger partial charge >= 0.3 is 0 Å². The topological polar surface area (TPSA) is 45.9 Å². The number of furan rings is 1. The van der Waals surface area contributed by atoms with E-state index in [0.29, 0.717) is 10.9 Å². The summed E-state index contributed by atoms with van der Waals surface area (Å²) in [5.41, 5.74) is 0.762. The SMILES string of the molecule is COc1ccc(N2C(=O)[C@@H]3CS[C@@H](c4ccco4)N3C2=S)cc1. The van der Waals surface area contributed by atoms with Crippen molar-refractivity contribution in [3.05, 3.63) is 48.4 Å². The van der Waals surface area contributed by atoms with E-state index in [-0.39, 0.29) is 17.3 Å². The van der Waals surface area contributed by atoms with E-state index >= 15 is 0 Å². The molecule has 5 nitrogen and oxygen atoms in total. The van der Waals surface area contributed by atoms with Gasteiger partial charge in [0.2, 0.25) is 0 Å². The quantitative estimate of drug-likeness (QED) is 0.796. The molecule has 0 aliphatic carbocycles. The number of benzene rings is 1. The molecule has 1 aromatic heterocycles. The summed E-state index contributed by atoms with van der Waals surface area (Å²) in [6.07, 6.45) is 1.64. The molecular weight excluding hydrogens is 332 g/mol. The van der Waals surface area contributed by atoms with Crippen molar-refractivity contribution >= 4 is 40.7 Å². The molecule has 2 saturated heterocycles. The number of nitrogens with zero attached hydrogens (tertiary/aromatic N) is 2. The Balaban J connectivity index is 1.66. The molecule has 2 aliphatic rings. The lowest BCUT2D eigenvalue weighted by molar-refractivity contribution is -0.119. The fraction of sp³-hybridized carbons (Fsp3) is 0.250. The molecule has 118 valence electrons. The van der Waals surface area contributed by atoms with Gasteiger partial charge in [0.25, 0.3) is 5.91 Å². The Morgan fingerprint density at radius 3 is 2.74 bits per heavy atom. The first-order chi connectivity index (χ1) is 11.2. The Morgan fingerprint density at radius 1 is 1.30 bits per heavy atom. The highest BCUT2D eigenvalue weighted by Gasteiger charge is 2.51. The maximum absolute atomic E-state index is 12.8. The van der Waals surface area contributed by atoms with Crippen molar-refractivity contribution in [3.63, 3.8) is 0 Å². The molecule has 7 heteroatoms. The summed E-state index contributed by atoms with van der Waals surface area (Å²) in [6, 6.07) is 10.9. The van der Waals surface area contributed by atoms with Crippen molar-refractivity contribution in [2.24, 2.45) is 0 Å². The van der Waals surface area contributed by atoms with E-state index in [1.54, 1.807) is 30.0 Å². The van der Waals surface area contributed by atoms with Gasteiger partial charge in [-0.1, -0.05) is 0 Å². The van der Waals surface area contributed by atoms with E-state index in [2.05, 4.69) is 0 Å². The van der Waals surface area contributed by atoms with E-state index in [1.165, 1.54) is 0 Å². The second-order valence-corrected chi connectivity index (χ2v) is 6.76. The van der Waals surface area contributed by atoms with Crippen molar-refractivity contribution in [1.82, 2.24) is 4.90 Å². The molecule has 3 heterocycles. The molecule has 1 aromatic carbocycles. The number of carbonyl (C=O) groups is 1. The summed E-state index contributed by atoms with van der Waals surface area (Å²) in [7, 11) is 1.61. The van der Waals surface area contributed by atoms with Gasteiger partial charge in [0.15, 0.2) is 5.11 Å². The largest absolute Gasteiger partial charge is 0.497 e. The minimum absolute atomic E-state index is 0.0155. The lowest BCUT2D eigenvalue weighted by Gasteiger charge is -2.24. The maximum atomic E-state index is 12.8. The predicted octanol–water partition coefficient (Wildman–Crippen LogP) is 3.04. The fourth-order valence-corrected chi connectivity index (χ4v) is 4.78. The minimum atomic E-state index is -0.232. The van der Waals surface area contributed by atoms with Crippen LogP contribution in [-0.2, 0) is 4.79 Å². The van der Waals surface area contributed by atoms with E-state index < -0.39 is 0 Å². The molecule has 0 N–H and O–H groups in total. The van der Waals surface area contributed by atoms with Gasteiger partial charge in [0, 0.05) is 5.75 Å². The van der Waals surface area contributed by atoms with Gasteiger partial charge in [-0.3, -0.25) is 9.69 Å². The number of rotatable bonds is 3. The second kappa shape index (κ2) is 5.58. The van der Waals surface area contributed by atoms with Gasteiger partial charge in [-0.05, 0) is 48.6 Å². The molecule has 2 atom stereocenters. The zero-order valence-corrected chi connectivity index (χ0v) is 14.0. The van der Waals surface area contributed by atoms with Crippen LogP contribution in [0, 0.1) is 0 Å². The Hall–Kier alpha value is -1.99. The highest BCUT2D eigenvalue weighted by atomic mass is 32.2. The zero-order valence-electron chi connectivity index (χ0n) is 12.3. The van der Waals surface area contributed by atoms with Gasteiger partial charge in [-0.25, -0.2) is 0 Å². The summed E-state index contributed by atoms with van der Waals surface area (Å²) in [4.78, 5) is 16.4. The minimum Gasteiger partial charge on any atom is -0.497 e. The maximum Gasteiger partial charge on any atom is 0.257 e. The number of fused-ring (bicyclic) bond motifs is 1. The van der Waals surface area contributed by atoms with Crippen LogP contribution >= 0.6 is 24.0 Å². The van der Waals surface area contributed by atoms with Crippen LogP contribution in [0.15, 0.2) is 47.1 Å². The normalized spacial score (nSPS) is 23.5. The highest BCUT2D eigenvalue weighted by molar-refractivity contribution is 7.99. The van der Waals surface area contributed by atoms with E-state index in [1.807, 2.05) is 41.3 Å². The van der Waals surface area contributed by atoms with Gasteiger partial charge in [-0.2, -0.15) is 0 Å². The Bertz CT molecular complexity index is 745. The van der Waals surface area contributed by atoms with Gasteiger partial charge in [0.1, 0.15) is 22.9 Å². The van der Waals surface area contributed by atoms with Crippen LogP contribution < -0.4 is 9.64 Å². The van der Waals surface area contributed by atoms with E-state index in [4.69, 9.17) is 21.4 Å². The second-order valence-electron chi connectivity index (χ2n) is 5.28. The van der Waals surface area contributed by atoms with E-state index in [9.17, 15) is 4.79 Å². The van der Waals surface area contributed by atoms with Gasteiger partial charge in [0.05, 0.1) is 19.1 Å². The van der Waals surface area contributed by atoms with Crippen LogP contribution in [0.1, 0.15) is 11.1 Å². The number of thioether (sulfide) groups is 1. The standard InChI is InChI=1S/C16H14N2O3S2/c1-20-11-6-4-10(5-7-11)17-14(19)12-9-23-15(18(12)16(17)22)13-3-2-8-21-13/h2-8,12,15H,9H2,1H3/t12-,15-/m0/s1. The molecule has 23 heavy (non-hydrogen) atoms. The average molecular weight is 346 g/mol. The van der Waals surface area contributed by atoms with Crippen molar-refractivity contribution in [2.45, 2.75) is 11.4 Å². The molecule has 2 fully saturated rings. The Morgan fingerprint density at radius 2 is 2.09 bits per heavy atom. The fourth-order valence-electron chi connectivity index (χ4n) is 2.91. The number of hydrogen-bond donors (Lipinski definition) is 0. The number of methoxy groups -OCH3 is 1. The number of anilines is 1. The molecule has 2 aliphatic heterocycles. The van der Waals surface area contributed by atoms with Crippen molar-refractivity contribution < 1.29 is 13.9 Å². The summed E-state index contributed by atoms with van der Waals surface area (Å²) >= 11 is 7.27. The third kappa shape index (κ3) is 2.22. The van der Waals surface area contributed by atoms with Crippen LogP contribution in [-0.4, -0.2) is 34.8 Å². The number of thiocarbonyl (C=S) groups is 1. The smallest absolute Gasteiger partial charge is 0.257 e. The first-order valence-corrected chi connectivity index (χ1v) is 8.61. The molecule has 2 aromatic rings. The predicted molar refractivity (Wildman–Crippen MR) is 92.6 cm³/mol. The zero-order chi connectivity index (χ0) is 16.0. The highest BCUT2D eigenvalue weighted by Crippen LogP contribution is 2.46. The summed E-state index contributed by atoms with van der Waals surface area (Å²) in [5, 5.41) is 0.478. The van der Waals surface area contributed by atoms with Crippen LogP contribution in [0.5, 0.6) is 5.75 Å². The van der Waals surface area contributed by atoms with Gasteiger partial charge in [-0.15, -0.1) is 11.8 Å². The number of carbonyl (C=O) groups excluding carboxylic acids is 1. The van der Waals surface area contributed by atoms with Crippen LogP contribution in [0.4, 0.5) is 5.69 Å². The number of amides is 1. The summed E-state index contributed by atoms with van der Waals surface area (Å²) in [6.45, 7) is 0. The molecule has 0 saturated carbocycles. The molecule has 4 rings (SSSR count). The lowest BCUT2D eigenvalue weighted by Crippen LogP contribution is -2.33. The molecule has 0 spiro atoms. The van der Waals surface area contributed by atoms with E-state index in [0.717, 1.165) is 17.2 Å². The number of hydrogen-bond acceptors (Lipinski definition) is 5. The third-order valence-electron chi connectivity index (χ3n) is 4.04. The number of ether oxygens (including phenoxy) is 1. The first-order valence-electron chi connectivity index (χ1n) is 7.16. The molecule has 0 bridgehead atoms. The average Bonchev–Trinajstić information content (AvgIpc) is 3.28. The summed E-state index contributed by atoms with van der Waals surface area (Å²) in [5.74, 6) is 2.29. The van der Waals surface area contributed by atoms with Crippen LogP contribution in [0.25, 0.3) is 0 Å². The molecular formula is C16H14N2O3S2. The molecule has 0 unspecified atom stereocenters. The third-order valence-corrected chi connectivity index (χ3v) is 5.71. The monoisotopic (exact) mass is 346 g/mol. The van der Waals surface area contributed by atoms with Crippen molar-refractivity contribution in [1.29, 1.82) is 0 Å². The van der Waals surface area contributed by atoms with Crippen LogP contribution in [0.2, 0.25) is 0 Å². The lowest BCUT2D eigenvalue weighted by atomic mass is 10.2. The van der Waals surface area contributed by atoms with Gasteiger partial charge < -0.3 is 14.1 Å². The van der Waals surface area contributed by atoms with Crippen LogP contribution in [0.3, 0.4) is 0 Å². The first kappa shape index (κ1) is 14.6. The molecule has 1 amide bonds. The Kier molecular flexibility index (Phi) is 3.54. The van der Waals surface area contributed by atoms with Crippen molar-refractivity contribution in [2.75, 3.05) is 17.8 Å². The summed E-state index contributed by atoms with van der Waals surface area (Å²) < 4.78 is 10.7. The van der Waals surface area contributed by atoms with Crippen molar-refractivity contribution in [3.8, 4) is 5.75 Å².